The van der Waals surface area contributed by atoms with Crippen LogP contribution in [-0.2, 0) is 14.3 Å². The Bertz CT molecular complexity index is 205. The van der Waals surface area contributed by atoms with E-state index in [0.29, 0.717) is 19.1 Å². The Balaban J connectivity index is 2.01. The van der Waals surface area contributed by atoms with Gasteiger partial charge in [-0.25, -0.2) is 0 Å². The zero-order chi connectivity index (χ0) is 11.8. The fourth-order valence-corrected chi connectivity index (χ4v) is 1.78. The Kier molecular flexibility index (Phi) is 6.37. The Morgan fingerprint density at radius 2 is 2.44 bits per heavy atom. The van der Waals surface area contributed by atoms with Crippen molar-refractivity contribution in [3.8, 4) is 0 Å². The maximum atomic E-state index is 11.4. The molecule has 1 heterocycles. The first-order valence-corrected chi connectivity index (χ1v) is 5.79. The van der Waals surface area contributed by atoms with E-state index in [1.165, 1.54) is 0 Å². The van der Waals surface area contributed by atoms with Crippen LogP contribution >= 0.6 is 0 Å². The molecule has 0 spiro atoms. The van der Waals surface area contributed by atoms with Crippen LogP contribution in [0.2, 0.25) is 0 Å². The first-order valence-electron chi connectivity index (χ1n) is 5.79. The molecule has 0 aliphatic carbocycles. The Labute approximate surface area is 96.9 Å². The van der Waals surface area contributed by atoms with Gasteiger partial charge < -0.3 is 20.1 Å². The van der Waals surface area contributed by atoms with Crippen molar-refractivity contribution in [3.05, 3.63) is 0 Å². The summed E-state index contributed by atoms with van der Waals surface area (Å²) in [5, 5.41) is 6.06. The van der Waals surface area contributed by atoms with Crippen LogP contribution in [0.15, 0.2) is 0 Å². The lowest BCUT2D eigenvalue weighted by Crippen LogP contribution is -2.38. The molecule has 1 saturated heterocycles. The van der Waals surface area contributed by atoms with Gasteiger partial charge in [0.05, 0.1) is 13.2 Å². The number of carbonyl (C=O) groups is 1. The highest BCUT2D eigenvalue weighted by Crippen LogP contribution is 2.06. The standard InChI is InChI=1S/C11H22N2O3/c1-9(6-15-2)13-11(14)8-16-7-10-3-4-12-5-10/h9-10,12H,3-8H2,1-2H3,(H,13,14). The van der Waals surface area contributed by atoms with Gasteiger partial charge in [-0.05, 0) is 25.8 Å². The van der Waals surface area contributed by atoms with Crippen LogP contribution in [0.25, 0.3) is 0 Å². The van der Waals surface area contributed by atoms with E-state index < -0.39 is 0 Å². The summed E-state index contributed by atoms with van der Waals surface area (Å²) in [6.07, 6.45) is 1.14. The van der Waals surface area contributed by atoms with Crippen molar-refractivity contribution in [1.82, 2.24) is 10.6 Å². The second-order valence-electron chi connectivity index (χ2n) is 4.30. The summed E-state index contributed by atoms with van der Waals surface area (Å²) < 4.78 is 10.3. The van der Waals surface area contributed by atoms with Gasteiger partial charge in [-0.15, -0.1) is 0 Å². The SMILES string of the molecule is COCC(C)NC(=O)COCC1CCNC1. The summed E-state index contributed by atoms with van der Waals surface area (Å²) in [4.78, 5) is 11.4. The molecule has 16 heavy (non-hydrogen) atoms. The molecule has 5 heteroatoms. The van der Waals surface area contributed by atoms with E-state index >= 15 is 0 Å². The van der Waals surface area contributed by atoms with E-state index in [4.69, 9.17) is 9.47 Å². The molecule has 0 aromatic carbocycles. The molecule has 1 fully saturated rings. The molecule has 0 aromatic heterocycles. The predicted molar refractivity (Wildman–Crippen MR) is 61.3 cm³/mol. The molecular weight excluding hydrogens is 208 g/mol. The summed E-state index contributed by atoms with van der Waals surface area (Å²) in [5.74, 6) is 0.486. The summed E-state index contributed by atoms with van der Waals surface area (Å²) in [6.45, 7) is 5.30. The normalized spacial score (nSPS) is 22.0. The molecule has 94 valence electrons. The molecule has 0 radical (unpaired) electrons. The lowest BCUT2D eigenvalue weighted by atomic mass is 10.1. The summed E-state index contributed by atoms with van der Waals surface area (Å²) in [7, 11) is 1.62. The number of carbonyl (C=O) groups excluding carboxylic acids is 1. The van der Waals surface area contributed by atoms with E-state index in [-0.39, 0.29) is 18.6 Å². The van der Waals surface area contributed by atoms with Gasteiger partial charge in [-0.2, -0.15) is 0 Å². The fraction of sp³-hybridized carbons (Fsp3) is 0.909. The van der Waals surface area contributed by atoms with Crippen molar-refractivity contribution in [2.75, 3.05) is 40.0 Å². The third kappa shape index (κ3) is 5.44. The second kappa shape index (κ2) is 7.60. The zero-order valence-electron chi connectivity index (χ0n) is 10.1. The number of nitrogens with one attached hydrogen (secondary N) is 2. The Morgan fingerprint density at radius 1 is 1.62 bits per heavy atom. The molecule has 0 aromatic rings. The van der Waals surface area contributed by atoms with Gasteiger partial charge in [0.1, 0.15) is 6.61 Å². The molecule has 1 amide bonds. The van der Waals surface area contributed by atoms with Crippen LogP contribution in [0.1, 0.15) is 13.3 Å². The van der Waals surface area contributed by atoms with Gasteiger partial charge in [-0.3, -0.25) is 4.79 Å². The number of hydrogen-bond acceptors (Lipinski definition) is 4. The summed E-state index contributed by atoms with van der Waals surface area (Å²) in [5.41, 5.74) is 0. The van der Waals surface area contributed by atoms with E-state index in [1.807, 2.05) is 6.92 Å². The van der Waals surface area contributed by atoms with E-state index in [9.17, 15) is 4.79 Å². The summed E-state index contributed by atoms with van der Waals surface area (Å²) >= 11 is 0. The molecule has 1 aliphatic rings. The van der Waals surface area contributed by atoms with Gasteiger partial charge in [0.15, 0.2) is 0 Å². The Hall–Kier alpha value is -0.650. The predicted octanol–water partition coefficient (Wildman–Crippen LogP) is -0.236. The van der Waals surface area contributed by atoms with Crippen molar-refractivity contribution in [1.29, 1.82) is 0 Å². The van der Waals surface area contributed by atoms with Gasteiger partial charge in [0.2, 0.25) is 5.91 Å². The smallest absolute Gasteiger partial charge is 0.246 e. The largest absolute Gasteiger partial charge is 0.383 e. The van der Waals surface area contributed by atoms with Gasteiger partial charge in [0, 0.05) is 19.7 Å². The van der Waals surface area contributed by atoms with Crippen LogP contribution < -0.4 is 10.6 Å². The molecule has 2 atom stereocenters. The summed E-state index contributed by atoms with van der Waals surface area (Å²) in [6, 6.07) is 0.0363. The van der Waals surface area contributed by atoms with Crippen LogP contribution in [-0.4, -0.2) is 52.0 Å². The average molecular weight is 230 g/mol. The molecule has 2 N–H and O–H groups in total. The third-order valence-electron chi connectivity index (χ3n) is 2.57. The molecule has 2 unspecified atom stereocenters. The lowest BCUT2D eigenvalue weighted by molar-refractivity contribution is -0.127. The second-order valence-corrected chi connectivity index (χ2v) is 4.30. The molecule has 1 aliphatic heterocycles. The minimum Gasteiger partial charge on any atom is -0.383 e. The zero-order valence-corrected chi connectivity index (χ0v) is 10.1. The minimum atomic E-state index is -0.0736. The molecule has 0 saturated carbocycles. The minimum absolute atomic E-state index is 0.0363. The van der Waals surface area contributed by atoms with E-state index in [1.54, 1.807) is 7.11 Å². The van der Waals surface area contributed by atoms with Crippen molar-refractivity contribution >= 4 is 5.91 Å². The average Bonchev–Trinajstić information content (AvgIpc) is 2.70. The van der Waals surface area contributed by atoms with Crippen LogP contribution in [0.5, 0.6) is 0 Å². The number of methoxy groups -OCH3 is 1. The van der Waals surface area contributed by atoms with Crippen LogP contribution in [0, 0.1) is 5.92 Å². The maximum Gasteiger partial charge on any atom is 0.246 e. The first kappa shape index (κ1) is 13.4. The fourth-order valence-electron chi connectivity index (χ4n) is 1.78. The molecule has 1 rings (SSSR count). The van der Waals surface area contributed by atoms with Gasteiger partial charge >= 0.3 is 0 Å². The number of ether oxygens (including phenoxy) is 2. The topological polar surface area (TPSA) is 59.6 Å². The third-order valence-corrected chi connectivity index (χ3v) is 2.57. The van der Waals surface area contributed by atoms with Crippen molar-refractivity contribution in [3.63, 3.8) is 0 Å². The Morgan fingerprint density at radius 3 is 3.06 bits per heavy atom. The highest BCUT2D eigenvalue weighted by molar-refractivity contribution is 5.77. The highest BCUT2D eigenvalue weighted by atomic mass is 16.5. The van der Waals surface area contributed by atoms with Gasteiger partial charge in [-0.1, -0.05) is 0 Å². The number of amides is 1. The molecule has 5 nitrogen and oxygen atoms in total. The quantitative estimate of drug-likeness (QED) is 0.634. The number of rotatable bonds is 7. The van der Waals surface area contributed by atoms with Crippen LogP contribution in [0.3, 0.4) is 0 Å². The van der Waals surface area contributed by atoms with Crippen molar-refractivity contribution < 1.29 is 14.3 Å². The highest BCUT2D eigenvalue weighted by Gasteiger charge is 2.15. The molecule has 0 bridgehead atoms. The monoisotopic (exact) mass is 230 g/mol. The van der Waals surface area contributed by atoms with E-state index in [0.717, 1.165) is 19.5 Å². The van der Waals surface area contributed by atoms with E-state index in [2.05, 4.69) is 10.6 Å². The first-order chi connectivity index (χ1) is 7.72. The van der Waals surface area contributed by atoms with Crippen molar-refractivity contribution in [2.24, 2.45) is 5.92 Å². The van der Waals surface area contributed by atoms with Crippen molar-refractivity contribution in [2.45, 2.75) is 19.4 Å². The number of hydrogen-bond donors (Lipinski definition) is 2. The maximum absolute atomic E-state index is 11.4. The lowest BCUT2D eigenvalue weighted by Gasteiger charge is -2.13. The van der Waals surface area contributed by atoms with Crippen LogP contribution in [0.4, 0.5) is 0 Å². The van der Waals surface area contributed by atoms with Gasteiger partial charge in [0.25, 0.3) is 0 Å². The molecular formula is C11H22N2O3.